The smallest absolute Gasteiger partial charge is 0.135 e. The van der Waals surface area contributed by atoms with Crippen LogP contribution in [-0.4, -0.2) is 38.8 Å². The second kappa shape index (κ2) is 7.57. The third kappa shape index (κ3) is 4.74. The first-order chi connectivity index (χ1) is 9.35. The summed E-state index contributed by atoms with van der Waals surface area (Å²) in [6.45, 7) is 11.0. The maximum absolute atomic E-state index is 11.3. The maximum atomic E-state index is 11.3. The van der Waals surface area contributed by atoms with E-state index >= 15 is 0 Å². The van der Waals surface area contributed by atoms with Crippen molar-refractivity contribution in [3.63, 3.8) is 0 Å². The number of anilines is 2. The summed E-state index contributed by atoms with van der Waals surface area (Å²) in [5, 5.41) is 6.63. The molecule has 5 nitrogen and oxygen atoms in total. The van der Waals surface area contributed by atoms with E-state index in [9.17, 15) is 4.21 Å². The zero-order valence-electron chi connectivity index (χ0n) is 13.3. The van der Waals surface area contributed by atoms with E-state index in [1.807, 2.05) is 20.8 Å². The van der Waals surface area contributed by atoms with E-state index in [0.717, 1.165) is 29.6 Å². The van der Waals surface area contributed by atoms with Crippen LogP contribution in [0.2, 0.25) is 0 Å². The van der Waals surface area contributed by atoms with Crippen LogP contribution in [0.15, 0.2) is 0 Å². The van der Waals surface area contributed by atoms with Crippen LogP contribution in [0.5, 0.6) is 0 Å². The molecular formula is C14H26N4OS. The summed E-state index contributed by atoms with van der Waals surface area (Å²) in [5.41, 5.74) is 1.00. The van der Waals surface area contributed by atoms with Crippen molar-refractivity contribution in [1.82, 2.24) is 9.97 Å². The van der Waals surface area contributed by atoms with E-state index in [1.54, 1.807) is 6.26 Å². The fourth-order valence-corrected chi connectivity index (χ4v) is 2.69. The van der Waals surface area contributed by atoms with Gasteiger partial charge in [0.25, 0.3) is 0 Å². The topological polar surface area (TPSA) is 66.9 Å². The molecule has 114 valence electrons. The lowest BCUT2D eigenvalue weighted by molar-refractivity contribution is 0.682. The molecule has 0 amide bonds. The van der Waals surface area contributed by atoms with Crippen molar-refractivity contribution < 1.29 is 4.21 Å². The Labute approximate surface area is 124 Å². The molecule has 1 heterocycles. The lowest BCUT2D eigenvalue weighted by Gasteiger charge is -2.19. The van der Waals surface area contributed by atoms with Crippen LogP contribution in [0.4, 0.5) is 11.6 Å². The molecule has 2 unspecified atom stereocenters. The monoisotopic (exact) mass is 298 g/mol. The Morgan fingerprint density at radius 3 is 2.30 bits per heavy atom. The van der Waals surface area contributed by atoms with Crippen molar-refractivity contribution in [3.05, 3.63) is 11.4 Å². The minimum absolute atomic E-state index is 0.115. The highest BCUT2D eigenvalue weighted by atomic mass is 32.2. The van der Waals surface area contributed by atoms with Crippen LogP contribution in [0, 0.1) is 6.92 Å². The molecule has 0 aliphatic carbocycles. The van der Waals surface area contributed by atoms with Crippen molar-refractivity contribution >= 4 is 22.4 Å². The summed E-state index contributed by atoms with van der Waals surface area (Å²) in [6, 6.07) is 0.115. The number of aromatic nitrogens is 2. The van der Waals surface area contributed by atoms with Crippen molar-refractivity contribution in [3.8, 4) is 0 Å². The molecule has 1 rings (SSSR count). The Hall–Kier alpha value is -1.17. The normalized spacial score (nSPS) is 14.2. The van der Waals surface area contributed by atoms with Crippen molar-refractivity contribution in [1.29, 1.82) is 0 Å². The minimum atomic E-state index is -0.820. The highest BCUT2D eigenvalue weighted by Gasteiger charge is 2.14. The molecule has 0 saturated heterocycles. The Kier molecular flexibility index (Phi) is 6.39. The van der Waals surface area contributed by atoms with Gasteiger partial charge >= 0.3 is 0 Å². The van der Waals surface area contributed by atoms with Crippen molar-refractivity contribution in [2.45, 2.75) is 46.6 Å². The van der Waals surface area contributed by atoms with Gasteiger partial charge in [-0.15, -0.1) is 0 Å². The first kappa shape index (κ1) is 16.9. The first-order valence-electron chi connectivity index (χ1n) is 7.04. The summed E-state index contributed by atoms with van der Waals surface area (Å²) >= 11 is 0. The lowest BCUT2D eigenvalue weighted by Crippen LogP contribution is -2.24. The second-order valence-electron chi connectivity index (χ2n) is 5.37. The summed E-state index contributed by atoms with van der Waals surface area (Å²) < 4.78 is 11.3. The number of rotatable bonds is 7. The average Bonchev–Trinajstić information content (AvgIpc) is 2.32. The van der Waals surface area contributed by atoms with Gasteiger partial charge < -0.3 is 10.6 Å². The molecule has 0 spiro atoms. The summed E-state index contributed by atoms with van der Waals surface area (Å²) in [6.07, 6.45) is 1.72. The predicted octanol–water partition coefficient (Wildman–Crippen LogP) is 2.52. The highest BCUT2D eigenvalue weighted by Crippen LogP contribution is 2.23. The Morgan fingerprint density at radius 2 is 1.80 bits per heavy atom. The summed E-state index contributed by atoms with van der Waals surface area (Å²) in [4.78, 5) is 9.17. The van der Waals surface area contributed by atoms with Crippen LogP contribution >= 0.6 is 0 Å². The molecule has 1 aromatic rings. The molecule has 0 fully saturated rings. The number of nitrogens with one attached hydrogen (secondary N) is 2. The zero-order chi connectivity index (χ0) is 15.3. The summed E-state index contributed by atoms with van der Waals surface area (Å²) in [7, 11) is -0.820. The molecule has 6 heteroatoms. The number of hydrogen-bond donors (Lipinski definition) is 2. The van der Waals surface area contributed by atoms with E-state index in [4.69, 9.17) is 0 Å². The molecule has 0 radical (unpaired) electrons. The van der Waals surface area contributed by atoms with Gasteiger partial charge in [0.1, 0.15) is 17.5 Å². The van der Waals surface area contributed by atoms with Gasteiger partial charge in [-0.3, -0.25) is 4.21 Å². The van der Waals surface area contributed by atoms with Crippen LogP contribution < -0.4 is 10.6 Å². The van der Waals surface area contributed by atoms with Crippen molar-refractivity contribution in [2.75, 3.05) is 29.2 Å². The highest BCUT2D eigenvalue weighted by molar-refractivity contribution is 7.84. The quantitative estimate of drug-likeness (QED) is 0.809. The van der Waals surface area contributed by atoms with E-state index in [1.165, 1.54) is 0 Å². The van der Waals surface area contributed by atoms with Gasteiger partial charge in [-0.05, 0) is 20.8 Å². The van der Waals surface area contributed by atoms with E-state index in [-0.39, 0.29) is 12.0 Å². The second-order valence-corrected chi connectivity index (χ2v) is 6.85. The third-order valence-corrected chi connectivity index (χ3v) is 3.86. The van der Waals surface area contributed by atoms with E-state index < -0.39 is 10.8 Å². The molecule has 0 saturated carbocycles. The SMILES string of the molecule is CCNc1nc(C(C)C)nc(NC(C)CS(C)=O)c1C. The fraction of sp³-hybridized carbons (Fsp3) is 0.714. The summed E-state index contributed by atoms with van der Waals surface area (Å²) in [5.74, 6) is 3.40. The van der Waals surface area contributed by atoms with Gasteiger partial charge in [0.15, 0.2) is 0 Å². The van der Waals surface area contributed by atoms with Gasteiger partial charge in [0, 0.05) is 46.9 Å². The molecule has 1 aromatic heterocycles. The Morgan fingerprint density at radius 1 is 1.20 bits per heavy atom. The largest absolute Gasteiger partial charge is 0.370 e. The lowest BCUT2D eigenvalue weighted by atomic mass is 10.2. The first-order valence-corrected chi connectivity index (χ1v) is 8.76. The number of hydrogen-bond acceptors (Lipinski definition) is 5. The zero-order valence-corrected chi connectivity index (χ0v) is 14.1. The van der Waals surface area contributed by atoms with Gasteiger partial charge in [-0.2, -0.15) is 0 Å². The Bertz CT molecular complexity index is 476. The van der Waals surface area contributed by atoms with Gasteiger partial charge in [-0.1, -0.05) is 13.8 Å². The van der Waals surface area contributed by atoms with Gasteiger partial charge in [0.2, 0.25) is 0 Å². The fourth-order valence-electron chi connectivity index (χ4n) is 1.90. The van der Waals surface area contributed by atoms with Crippen LogP contribution in [0.25, 0.3) is 0 Å². The van der Waals surface area contributed by atoms with Gasteiger partial charge in [-0.25, -0.2) is 9.97 Å². The van der Waals surface area contributed by atoms with Crippen LogP contribution in [0.3, 0.4) is 0 Å². The molecule has 2 atom stereocenters. The molecule has 0 bridgehead atoms. The third-order valence-electron chi connectivity index (χ3n) is 2.89. The van der Waals surface area contributed by atoms with Crippen molar-refractivity contribution in [2.24, 2.45) is 0 Å². The maximum Gasteiger partial charge on any atom is 0.135 e. The molecule has 0 aliphatic heterocycles. The Balaban J connectivity index is 3.06. The number of nitrogens with zero attached hydrogens (tertiary/aromatic N) is 2. The van der Waals surface area contributed by atoms with Crippen LogP contribution in [-0.2, 0) is 10.8 Å². The predicted molar refractivity (Wildman–Crippen MR) is 87.0 cm³/mol. The minimum Gasteiger partial charge on any atom is -0.370 e. The molecular weight excluding hydrogens is 272 g/mol. The molecule has 0 aliphatic rings. The molecule has 2 N–H and O–H groups in total. The van der Waals surface area contributed by atoms with E-state index in [2.05, 4.69) is 34.4 Å². The molecule has 0 aromatic carbocycles. The molecule has 20 heavy (non-hydrogen) atoms. The van der Waals surface area contributed by atoms with Gasteiger partial charge in [0.05, 0.1) is 0 Å². The van der Waals surface area contributed by atoms with E-state index in [0.29, 0.717) is 5.75 Å². The standard InChI is InChI=1S/C14H26N4OS/c1-7-15-13-11(5)14(16-10(4)8-20(6)19)18-12(17-13)9(2)3/h9-10H,7-8H2,1-6H3,(H2,15,16,17,18). The average molecular weight is 298 g/mol. The van der Waals surface area contributed by atoms with Crippen LogP contribution in [0.1, 0.15) is 45.0 Å².